The van der Waals surface area contributed by atoms with Crippen molar-refractivity contribution in [2.75, 3.05) is 0 Å². The summed E-state index contributed by atoms with van der Waals surface area (Å²) in [6, 6.07) is 0. The van der Waals surface area contributed by atoms with Gasteiger partial charge in [-0.3, -0.25) is 0 Å². The van der Waals surface area contributed by atoms with E-state index >= 15 is 0 Å². The molecule has 0 aromatic heterocycles. The van der Waals surface area contributed by atoms with Gasteiger partial charge >= 0.3 is 0 Å². The van der Waals surface area contributed by atoms with Crippen LogP contribution in [0.1, 0.15) is 65.7 Å². The van der Waals surface area contributed by atoms with Gasteiger partial charge in [-0.05, 0) is 42.4 Å². The van der Waals surface area contributed by atoms with Crippen molar-refractivity contribution in [1.82, 2.24) is 0 Å². The van der Waals surface area contributed by atoms with Gasteiger partial charge in [0.15, 0.2) is 0 Å². The second-order valence-corrected chi connectivity index (χ2v) is 6.41. The van der Waals surface area contributed by atoms with Gasteiger partial charge in [-0.15, -0.1) is 0 Å². The fraction of sp³-hybridized carbons (Fsp3) is 1.00. The van der Waals surface area contributed by atoms with E-state index in [4.69, 9.17) is 0 Å². The minimum atomic E-state index is 0.690. The van der Waals surface area contributed by atoms with Gasteiger partial charge in [-0.2, -0.15) is 0 Å². The molecule has 0 heteroatoms. The Morgan fingerprint density at radius 2 is 1.64 bits per heavy atom. The van der Waals surface area contributed by atoms with E-state index in [0.29, 0.717) is 5.41 Å². The Kier molecular flexibility index (Phi) is 2.91. The maximum atomic E-state index is 2.45. The van der Waals surface area contributed by atoms with E-state index in [1.807, 2.05) is 0 Å². The lowest BCUT2D eigenvalue weighted by Gasteiger charge is -2.20. The van der Waals surface area contributed by atoms with Gasteiger partial charge in [0.2, 0.25) is 0 Å². The Morgan fingerprint density at radius 3 is 2.21 bits per heavy atom. The molecule has 0 saturated heterocycles. The highest BCUT2D eigenvalue weighted by molar-refractivity contribution is 5.06. The molecule has 2 saturated carbocycles. The Morgan fingerprint density at radius 1 is 1.00 bits per heavy atom. The van der Waals surface area contributed by atoms with Crippen molar-refractivity contribution >= 4 is 0 Å². The zero-order chi connectivity index (χ0) is 10.2. The van der Waals surface area contributed by atoms with Gasteiger partial charge in [0.05, 0.1) is 0 Å². The molecule has 0 aromatic rings. The molecule has 0 radical (unpaired) electrons. The molecule has 0 aliphatic heterocycles. The summed E-state index contributed by atoms with van der Waals surface area (Å²) in [4.78, 5) is 0. The molecule has 2 unspecified atom stereocenters. The molecule has 0 spiro atoms. The molecular weight excluding hydrogens is 168 g/mol. The number of rotatable bonds is 5. The topological polar surface area (TPSA) is 0 Å². The predicted octanol–water partition coefficient (Wildman–Crippen LogP) is 4.64. The largest absolute Gasteiger partial charge is 0.0654 e. The summed E-state index contributed by atoms with van der Waals surface area (Å²) in [5, 5.41) is 0. The number of hydrogen-bond acceptors (Lipinski definition) is 0. The van der Waals surface area contributed by atoms with Crippen LogP contribution < -0.4 is 0 Å². The van der Waals surface area contributed by atoms with Crippen LogP contribution in [0.3, 0.4) is 0 Å². The molecule has 82 valence electrons. The summed E-state index contributed by atoms with van der Waals surface area (Å²) in [5.41, 5.74) is 0.690. The predicted molar refractivity (Wildman–Crippen MR) is 62.2 cm³/mol. The summed E-state index contributed by atoms with van der Waals surface area (Å²) >= 11 is 0. The maximum Gasteiger partial charge on any atom is -0.0347 e. The average molecular weight is 194 g/mol. The first-order valence-electron chi connectivity index (χ1n) is 6.64. The van der Waals surface area contributed by atoms with E-state index in [9.17, 15) is 0 Å². The number of hydrogen-bond donors (Lipinski definition) is 0. The van der Waals surface area contributed by atoms with Crippen LogP contribution in [0.25, 0.3) is 0 Å². The van der Waals surface area contributed by atoms with Crippen LogP contribution in [0.4, 0.5) is 0 Å². The van der Waals surface area contributed by atoms with Gasteiger partial charge in [-0.1, -0.05) is 46.5 Å². The van der Waals surface area contributed by atoms with E-state index < -0.39 is 0 Å². The van der Waals surface area contributed by atoms with Crippen LogP contribution in [0.15, 0.2) is 0 Å². The molecule has 2 fully saturated rings. The molecule has 0 heterocycles. The van der Waals surface area contributed by atoms with E-state index in [0.717, 1.165) is 17.8 Å². The zero-order valence-corrected chi connectivity index (χ0v) is 10.2. The summed E-state index contributed by atoms with van der Waals surface area (Å²) < 4.78 is 0. The van der Waals surface area contributed by atoms with Crippen molar-refractivity contribution in [3.63, 3.8) is 0 Å². The third-order valence-electron chi connectivity index (χ3n) is 4.48. The number of unbranched alkanes of at least 4 members (excludes halogenated alkanes) is 3. The lowest BCUT2D eigenvalue weighted by atomic mass is 9.85. The Bertz CT molecular complexity index is 178. The highest BCUT2D eigenvalue weighted by atomic mass is 14.6. The monoisotopic (exact) mass is 194 g/mol. The number of fused-ring (bicyclic) bond motifs is 1. The molecule has 0 N–H and O–H groups in total. The highest BCUT2D eigenvalue weighted by Crippen LogP contribution is 2.65. The van der Waals surface area contributed by atoms with Crippen molar-refractivity contribution in [2.24, 2.45) is 23.2 Å². The maximum absolute atomic E-state index is 2.45. The van der Waals surface area contributed by atoms with Gasteiger partial charge in [0.1, 0.15) is 0 Å². The third-order valence-corrected chi connectivity index (χ3v) is 4.48. The first kappa shape index (κ1) is 10.5. The zero-order valence-electron chi connectivity index (χ0n) is 10.2. The lowest BCUT2D eigenvalue weighted by molar-refractivity contribution is 0.305. The summed E-state index contributed by atoms with van der Waals surface area (Å²) in [7, 11) is 0. The van der Waals surface area contributed by atoms with E-state index in [2.05, 4.69) is 20.8 Å². The normalized spacial score (nSPS) is 38.4. The third kappa shape index (κ3) is 2.15. The highest BCUT2D eigenvalue weighted by Gasteiger charge is 2.57. The SMILES string of the molecule is CCCCCCC1C2CC(C)(C)CC12. The van der Waals surface area contributed by atoms with Crippen molar-refractivity contribution < 1.29 is 0 Å². The molecule has 0 bridgehead atoms. The second kappa shape index (κ2) is 3.87. The van der Waals surface area contributed by atoms with Crippen LogP contribution >= 0.6 is 0 Å². The molecule has 2 aliphatic carbocycles. The van der Waals surface area contributed by atoms with Gasteiger partial charge in [0, 0.05) is 0 Å². The van der Waals surface area contributed by atoms with Crippen molar-refractivity contribution in [2.45, 2.75) is 65.7 Å². The Balaban J connectivity index is 1.60. The van der Waals surface area contributed by atoms with Gasteiger partial charge in [-0.25, -0.2) is 0 Å². The smallest absolute Gasteiger partial charge is 0.0347 e. The molecular formula is C14H26. The van der Waals surface area contributed by atoms with Gasteiger partial charge in [0.25, 0.3) is 0 Å². The molecule has 2 rings (SSSR count). The van der Waals surface area contributed by atoms with Crippen molar-refractivity contribution in [3.8, 4) is 0 Å². The summed E-state index contributed by atoms with van der Waals surface area (Å²) in [5.74, 6) is 3.44. The van der Waals surface area contributed by atoms with E-state index in [1.54, 1.807) is 6.42 Å². The molecule has 2 aliphatic rings. The first-order chi connectivity index (χ1) is 6.64. The molecule has 2 atom stereocenters. The quantitative estimate of drug-likeness (QED) is 0.559. The van der Waals surface area contributed by atoms with Crippen molar-refractivity contribution in [1.29, 1.82) is 0 Å². The van der Waals surface area contributed by atoms with Crippen LogP contribution in [0.5, 0.6) is 0 Å². The van der Waals surface area contributed by atoms with Crippen LogP contribution in [-0.2, 0) is 0 Å². The van der Waals surface area contributed by atoms with Crippen molar-refractivity contribution in [3.05, 3.63) is 0 Å². The average Bonchev–Trinajstić information content (AvgIpc) is 2.56. The lowest BCUT2D eigenvalue weighted by Crippen LogP contribution is -2.09. The summed E-state index contributed by atoms with van der Waals surface area (Å²) in [6.45, 7) is 7.20. The summed E-state index contributed by atoms with van der Waals surface area (Å²) in [6.07, 6.45) is 10.4. The van der Waals surface area contributed by atoms with Crippen LogP contribution in [-0.4, -0.2) is 0 Å². The first-order valence-corrected chi connectivity index (χ1v) is 6.64. The fourth-order valence-corrected chi connectivity index (χ4v) is 3.72. The minimum absolute atomic E-state index is 0.690. The van der Waals surface area contributed by atoms with Crippen LogP contribution in [0, 0.1) is 23.2 Å². The second-order valence-electron chi connectivity index (χ2n) is 6.41. The molecule has 14 heavy (non-hydrogen) atoms. The van der Waals surface area contributed by atoms with Gasteiger partial charge < -0.3 is 0 Å². The van der Waals surface area contributed by atoms with Crippen LogP contribution in [0.2, 0.25) is 0 Å². The molecule has 0 nitrogen and oxygen atoms in total. The van der Waals surface area contributed by atoms with E-state index in [-0.39, 0.29) is 0 Å². The molecule has 0 aromatic carbocycles. The Labute approximate surface area is 89.5 Å². The molecule has 0 amide bonds. The Hall–Kier alpha value is 0. The fourth-order valence-electron chi connectivity index (χ4n) is 3.72. The standard InChI is InChI=1S/C14H26/c1-4-5-6-7-8-11-12-9-14(2,3)10-13(11)12/h11-13H,4-10H2,1-3H3. The van der Waals surface area contributed by atoms with E-state index in [1.165, 1.54) is 38.5 Å². The minimum Gasteiger partial charge on any atom is -0.0654 e.